The Morgan fingerprint density at radius 2 is 1.70 bits per heavy atom. The molecule has 1 heterocycles. The lowest BCUT2D eigenvalue weighted by atomic mass is 9.94. The highest BCUT2D eigenvalue weighted by Crippen LogP contribution is 2.24. The van der Waals surface area contributed by atoms with E-state index in [9.17, 15) is 4.79 Å². The second-order valence-electron chi connectivity index (χ2n) is 6.83. The van der Waals surface area contributed by atoms with E-state index in [0.29, 0.717) is 12.1 Å². The molecule has 0 spiro atoms. The third kappa shape index (κ3) is 4.11. The van der Waals surface area contributed by atoms with Crippen molar-refractivity contribution in [2.75, 3.05) is 27.2 Å². The van der Waals surface area contributed by atoms with Gasteiger partial charge in [0.2, 0.25) is 0 Å². The van der Waals surface area contributed by atoms with Gasteiger partial charge in [-0.15, -0.1) is 0 Å². The molecule has 2 aliphatic rings. The van der Waals surface area contributed by atoms with E-state index in [1.807, 2.05) is 19.0 Å². The maximum absolute atomic E-state index is 11.9. The summed E-state index contributed by atoms with van der Waals surface area (Å²) in [6, 6.07) is 1.46. The van der Waals surface area contributed by atoms with E-state index in [0.717, 1.165) is 31.8 Å². The molecular formula is C16H31N3O. The first-order valence-corrected chi connectivity index (χ1v) is 8.30. The van der Waals surface area contributed by atoms with E-state index in [2.05, 4.69) is 12.2 Å². The Morgan fingerprint density at radius 1 is 1.05 bits per heavy atom. The average molecular weight is 281 g/mol. The first-order valence-electron chi connectivity index (χ1n) is 8.30. The zero-order valence-corrected chi connectivity index (χ0v) is 13.4. The Morgan fingerprint density at radius 3 is 2.35 bits per heavy atom. The van der Waals surface area contributed by atoms with Gasteiger partial charge in [0, 0.05) is 39.3 Å². The monoisotopic (exact) mass is 281 g/mol. The first-order chi connectivity index (χ1) is 9.58. The molecule has 1 N–H and O–H groups in total. The number of urea groups is 1. The molecule has 116 valence electrons. The van der Waals surface area contributed by atoms with Crippen LogP contribution in [0.4, 0.5) is 4.79 Å². The SMILES string of the molecule is CC1CCCCCC1NC1CCN(C(=O)N(C)C)CC1. The molecule has 1 aliphatic carbocycles. The van der Waals surface area contributed by atoms with Crippen molar-refractivity contribution in [3.05, 3.63) is 0 Å². The fraction of sp³-hybridized carbons (Fsp3) is 0.938. The molecule has 1 saturated carbocycles. The van der Waals surface area contributed by atoms with Crippen LogP contribution in [0.3, 0.4) is 0 Å². The zero-order chi connectivity index (χ0) is 14.5. The molecule has 0 aromatic rings. The molecule has 2 rings (SSSR count). The first kappa shape index (κ1) is 15.6. The van der Waals surface area contributed by atoms with Crippen LogP contribution in [0, 0.1) is 5.92 Å². The molecule has 2 amide bonds. The molecule has 1 aliphatic heterocycles. The highest BCUT2D eigenvalue weighted by molar-refractivity contribution is 5.73. The van der Waals surface area contributed by atoms with E-state index >= 15 is 0 Å². The summed E-state index contributed by atoms with van der Waals surface area (Å²) < 4.78 is 0. The number of nitrogens with zero attached hydrogens (tertiary/aromatic N) is 2. The zero-order valence-electron chi connectivity index (χ0n) is 13.4. The molecule has 2 atom stereocenters. The van der Waals surface area contributed by atoms with Gasteiger partial charge in [-0.2, -0.15) is 0 Å². The van der Waals surface area contributed by atoms with Crippen molar-refractivity contribution in [1.29, 1.82) is 0 Å². The van der Waals surface area contributed by atoms with Gasteiger partial charge < -0.3 is 15.1 Å². The Balaban J connectivity index is 1.77. The van der Waals surface area contributed by atoms with Crippen molar-refractivity contribution in [2.24, 2.45) is 5.92 Å². The summed E-state index contributed by atoms with van der Waals surface area (Å²) in [5.41, 5.74) is 0. The molecule has 0 aromatic carbocycles. The van der Waals surface area contributed by atoms with Crippen LogP contribution in [0.15, 0.2) is 0 Å². The van der Waals surface area contributed by atoms with Crippen LogP contribution in [0.5, 0.6) is 0 Å². The van der Waals surface area contributed by atoms with E-state index in [1.54, 1.807) is 4.90 Å². The Bertz CT molecular complexity index is 311. The number of nitrogens with one attached hydrogen (secondary N) is 1. The minimum atomic E-state index is 0.159. The van der Waals surface area contributed by atoms with Crippen LogP contribution in [0.25, 0.3) is 0 Å². The van der Waals surface area contributed by atoms with Gasteiger partial charge in [-0.1, -0.05) is 26.2 Å². The number of piperidine rings is 1. The Kier molecular flexibility index (Phi) is 5.70. The quantitative estimate of drug-likeness (QED) is 0.790. The van der Waals surface area contributed by atoms with E-state index in [1.165, 1.54) is 32.1 Å². The van der Waals surface area contributed by atoms with Crippen LogP contribution in [-0.4, -0.2) is 55.1 Å². The topological polar surface area (TPSA) is 35.6 Å². The van der Waals surface area contributed by atoms with Crippen LogP contribution >= 0.6 is 0 Å². The van der Waals surface area contributed by atoms with Gasteiger partial charge in [-0.05, 0) is 31.6 Å². The number of rotatable bonds is 2. The van der Waals surface area contributed by atoms with E-state index in [4.69, 9.17) is 0 Å². The number of hydrogen-bond acceptors (Lipinski definition) is 2. The molecule has 4 nitrogen and oxygen atoms in total. The van der Waals surface area contributed by atoms with E-state index in [-0.39, 0.29) is 6.03 Å². The lowest BCUT2D eigenvalue weighted by molar-refractivity contribution is 0.148. The van der Waals surface area contributed by atoms with Gasteiger partial charge in [0.25, 0.3) is 0 Å². The summed E-state index contributed by atoms with van der Waals surface area (Å²) in [4.78, 5) is 15.6. The molecular weight excluding hydrogens is 250 g/mol. The minimum Gasteiger partial charge on any atom is -0.331 e. The van der Waals surface area contributed by atoms with Gasteiger partial charge in [0.15, 0.2) is 0 Å². The third-order valence-corrected chi connectivity index (χ3v) is 4.96. The summed E-state index contributed by atoms with van der Waals surface area (Å²) >= 11 is 0. The summed E-state index contributed by atoms with van der Waals surface area (Å²) in [5.74, 6) is 0.805. The summed E-state index contributed by atoms with van der Waals surface area (Å²) in [6.07, 6.45) is 9.08. The summed E-state index contributed by atoms with van der Waals surface area (Å²) in [5, 5.41) is 3.88. The standard InChI is InChI=1S/C16H31N3O/c1-13-7-5-4-6-8-15(13)17-14-9-11-19(12-10-14)16(20)18(2)3/h13-15,17H,4-12H2,1-3H3. The molecule has 0 bridgehead atoms. The van der Waals surface area contributed by atoms with Crippen molar-refractivity contribution in [1.82, 2.24) is 15.1 Å². The number of carbonyl (C=O) groups is 1. The predicted molar refractivity (Wildman–Crippen MR) is 82.9 cm³/mol. The van der Waals surface area contributed by atoms with Crippen molar-refractivity contribution >= 4 is 6.03 Å². The lowest BCUT2D eigenvalue weighted by Gasteiger charge is -2.36. The molecule has 1 saturated heterocycles. The van der Waals surface area contributed by atoms with Crippen LogP contribution in [0.2, 0.25) is 0 Å². The van der Waals surface area contributed by atoms with Crippen molar-refractivity contribution in [3.8, 4) is 0 Å². The Hall–Kier alpha value is -0.770. The van der Waals surface area contributed by atoms with Crippen LogP contribution in [0.1, 0.15) is 51.9 Å². The second-order valence-corrected chi connectivity index (χ2v) is 6.83. The summed E-state index contributed by atoms with van der Waals surface area (Å²) in [7, 11) is 3.67. The predicted octanol–water partition coefficient (Wildman–Crippen LogP) is 2.69. The van der Waals surface area contributed by atoms with Crippen molar-refractivity contribution < 1.29 is 4.79 Å². The maximum atomic E-state index is 11.9. The molecule has 0 aromatic heterocycles. The third-order valence-electron chi connectivity index (χ3n) is 4.96. The largest absolute Gasteiger partial charge is 0.331 e. The average Bonchev–Trinajstić information content (AvgIpc) is 2.64. The number of hydrogen-bond donors (Lipinski definition) is 1. The van der Waals surface area contributed by atoms with E-state index < -0.39 is 0 Å². The fourth-order valence-electron chi connectivity index (χ4n) is 3.56. The minimum absolute atomic E-state index is 0.159. The van der Waals surface area contributed by atoms with Gasteiger partial charge in [-0.25, -0.2) is 4.79 Å². The smallest absolute Gasteiger partial charge is 0.319 e. The Labute approximate surface area is 123 Å². The number of carbonyl (C=O) groups excluding carboxylic acids is 1. The highest BCUT2D eigenvalue weighted by Gasteiger charge is 2.27. The van der Waals surface area contributed by atoms with Gasteiger partial charge in [0.1, 0.15) is 0 Å². The number of amides is 2. The fourth-order valence-corrected chi connectivity index (χ4v) is 3.56. The van der Waals surface area contributed by atoms with Crippen molar-refractivity contribution in [3.63, 3.8) is 0 Å². The highest BCUT2D eigenvalue weighted by atomic mass is 16.2. The van der Waals surface area contributed by atoms with Gasteiger partial charge in [-0.3, -0.25) is 0 Å². The van der Waals surface area contributed by atoms with Crippen LogP contribution in [-0.2, 0) is 0 Å². The van der Waals surface area contributed by atoms with Crippen molar-refractivity contribution in [2.45, 2.75) is 64.0 Å². The molecule has 2 unspecified atom stereocenters. The normalized spacial score (nSPS) is 29.1. The molecule has 0 radical (unpaired) electrons. The van der Waals surface area contributed by atoms with Gasteiger partial charge in [0.05, 0.1) is 0 Å². The number of likely N-dealkylation sites (tertiary alicyclic amines) is 1. The second kappa shape index (κ2) is 7.30. The van der Waals surface area contributed by atoms with Crippen LogP contribution < -0.4 is 5.32 Å². The maximum Gasteiger partial charge on any atom is 0.319 e. The lowest BCUT2D eigenvalue weighted by Crippen LogP contribution is -2.50. The molecule has 4 heteroatoms. The van der Waals surface area contributed by atoms with Gasteiger partial charge >= 0.3 is 6.03 Å². The molecule has 20 heavy (non-hydrogen) atoms. The molecule has 2 fully saturated rings. The summed E-state index contributed by atoms with van der Waals surface area (Å²) in [6.45, 7) is 4.19.